The standard InChI is InChI=1S/C79H100ClF3N10O10S4/c1-53(55-20-22-57(23-21-55)72-54(2)84-52-105-72)85-75(98)68-46-63(94)50-93(68)76(99)73(77(3,4)5)87-70(95)18-12-9-13-19-71(96)92-38-15-14-37-89(40-45-92)39-35-61(51-104-64-16-10-8-11-17-64)86-67-33-32-65(47-69(67)106(100,101)79(81,82)83)107(102,103)88-74(97)58-26-30-62(31-27-58)91-43-41-90(42-44-91)49-59-34-36-78(6,7)48-66(59)56-24-28-60(80)29-25-56/h8,10-11,16-17,20-33,47,52-53,61,63,68,73,86,94H,9,12-15,18-19,34-46,48-51H2,1-7H3,(H,85,98)(H,87,95)(H,88,97)/t53-,61+,63+,68-,73+/m0/s1. The number of anilines is 2. The van der Waals surface area contributed by atoms with Gasteiger partial charge in [0.2, 0.25) is 23.6 Å². The minimum Gasteiger partial charge on any atom is -0.391 e. The van der Waals surface area contributed by atoms with Crippen molar-refractivity contribution in [3.05, 3.63) is 160 Å². The number of unbranched alkanes of at least 4 members (excludes halogenated alkanes) is 2. The number of allylic oxidation sites excluding steroid dienone is 1. The number of aromatic nitrogens is 1. The maximum absolute atomic E-state index is 14.7. The predicted molar refractivity (Wildman–Crippen MR) is 416 cm³/mol. The number of β-amino-alcohol motifs (C(OH)–C–C–N with tert-alkyl or cyclic N) is 1. The first-order chi connectivity index (χ1) is 50.7. The van der Waals surface area contributed by atoms with Gasteiger partial charge in [-0.1, -0.05) is 113 Å². The SMILES string of the molecule is Cc1ncsc1-c1ccc([C@H](C)NC(=O)[C@@H]2C[C@@H](O)CN2C(=O)[C@@H](NC(=O)CCCCCC(=O)N2CCCCN(CC[C@H](CSc3ccccc3)Nc3ccc(S(=O)(=O)NC(=O)c4ccc(N5CCN(CC6=C(c7ccc(Cl)cc7)CC(C)(C)CC6)CC5)cc4)cc3S(=O)(=O)C(F)(F)F)CC2)C(C)(C)C)cc1. The summed E-state index contributed by atoms with van der Waals surface area (Å²) in [5, 5.41) is 20.5. The van der Waals surface area contributed by atoms with Crippen LogP contribution in [0.15, 0.2) is 147 Å². The van der Waals surface area contributed by atoms with Crippen molar-refractivity contribution >= 4 is 101 Å². The molecule has 0 unspecified atom stereocenters. The fourth-order valence-electron chi connectivity index (χ4n) is 14.3. The van der Waals surface area contributed by atoms with Gasteiger partial charge in [0.25, 0.3) is 25.8 Å². The van der Waals surface area contributed by atoms with Gasteiger partial charge in [-0.15, -0.1) is 23.1 Å². The number of sulfonamides is 1. The maximum atomic E-state index is 14.7. The van der Waals surface area contributed by atoms with E-state index in [1.54, 1.807) is 29.0 Å². The molecular formula is C79H100ClF3N10O10S4. The number of halogens is 4. The number of aliphatic hydroxyl groups is 1. The Hall–Kier alpha value is -7.37. The molecule has 1 aromatic heterocycles. The Labute approximate surface area is 641 Å². The summed E-state index contributed by atoms with van der Waals surface area (Å²) in [6, 6.07) is 30.8. The number of nitrogens with one attached hydrogen (secondary N) is 4. The van der Waals surface area contributed by atoms with Crippen LogP contribution in [0.2, 0.25) is 5.02 Å². The molecular weight excluding hydrogens is 1470 g/mol. The lowest BCUT2D eigenvalue weighted by Gasteiger charge is -2.39. The molecule has 0 spiro atoms. The topological polar surface area (TPSA) is 251 Å². The molecule has 5 N–H and O–H groups in total. The Kier molecular flexibility index (Phi) is 27.6. The highest BCUT2D eigenvalue weighted by atomic mass is 35.5. The summed E-state index contributed by atoms with van der Waals surface area (Å²) < 4.78 is 101. The molecule has 6 aromatic rings. The second kappa shape index (κ2) is 36.0. The largest absolute Gasteiger partial charge is 0.501 e. The summed E-state index contributed by atoms with van der Waals surface area (Å²) in [6.45, 7) is 20.1. The van der Waals surface area contributed by atoms with Crippen molar-refractivity contribution in [1.82, 2.24) is 39.9 Å². The van der Waals surface area contributed by atoms with Gasteiger partial charge in [0.15, 0.2) is 0 Å². The van der Waals surface area contributed by atoms with Crippen LogP contribution in [0.4, 0.5) is 24.5 Å². The van der Waals surface area contributed by atoms with Gasteiger partial charge in [-0.3, -0.25) is 28.9 Å². The lowest BCUT2D eigenvalue weighted by atomic mass is 9.72. The van der Waals surface area contributed by atoms with E-state index in [1.165, 1.54) is 45.5 Å². The van der Waals surface area contributed by atoms with Crippen molar-refractivity contribution in [3.8, 4) is 10.4 Å². The number of benzene rings is 5. The molecule has 5 atom stereocenters. The predicted octanol–water partition coefficient (Wildman–Crippen LogP) is 13.2. The number of carbonyl (C=O) groups is 5. The monoisotopic (exact) mass is 1570 g/mol. The van der Waals surface area contributed by atoms with E-state index in [1.807, 2.05) is 111 Å². The number of amides is 5. The molecule has 20 nitrogen and oxygen atoms in total. The second-order valence-corrected chi connectivity index (χ2v) is 36.4. The number of piperazine rings is 1. The minimum atomic E-state index is -6.19. The number of hydrogen-bond donors (Lipinski definition) is 5. The van der Waals surface area contributed by atoms with E-state index in [0.717, 1.165) is 89.7 Å². The summed E-state index contributed by atoms with van der Waals surface area (Å²) in [4.78, 5) is 83.2. The van der Waals surface area contributed by atoms with Crippen LogP contribution in [-0.4, -0.2) is 184 Å². The number of likely N-dealkylation sites (tertiary alicyclic amines) is 1. The van der Waals surface area contributed by atoms with E-state index in [4.69, 9.17) is 11.6 Å². The Balaban J connectivity index is 0.705. The highest BCUT2D eigenvalue weighted by Gasteiger charge is 2.49. The molecule has 0 saturated carbocycles. The zero-order valence-electron chi connectivity index (χ0n) is 61.9. The molecule has 578 valence electrons. The van der Waals surface area contributed by atoms with Gasteiger partial charge in [-0.2, -0.15) is 13.2 Å². The number of aliphatic hydroxyl groups excluding tert-OH is 1. The number of sulfone groups is 1. The van der Waals surface area contributed by atoms with Crippen LogP contribution in [-0.2, 0) is 39.0 Å². The molecule has 5 amide bonds. The molecule has 0 radical (unpaired) electrons. The Morgan fingerprint density at radius 1 is 0.785 bits per heavy atom. The number of carbonyl (C=O) groups excluding carboxylic acids is 5. The van der Waals surface area contributed by atoms with Crippen molar-refractivity contribution in [3.63, 3.8) is 0 Å². The minimum absolute atomic E-state index is 0.0406. The van der Waals surface area contributed by atoms with Crippen LogP contribution in [0, 0.1) is 17.8 Å². The van der Waals surface area contributed by atoms with Gasteiger partial charge >= 0.3 is 5.51 Å². The number of thioether (sulfide) groups is 1. The van der Waals surface area contributed by atoms with Gasteiger partial charge in [0.1, 0.15) is 17.0 Å². The molecule has 107 heavy (non-hydrogen) atoms. The first-order valence-electron chi connectivity index (χ1n) is 36.8. The third-order valence-corrected chi connectivity index (χ3v) is 25.9. The fraction of sp³-hybridized carbons (Fsp3) is 0.494. The lowest BCUT2D eigenvalue weighted by Crippen LogP contribution is -2.57. The summed E-state index contributed by atoms with van der Waals surface area (Å²) in [6.07, 6.45) is 5.77. The highest BCUT2D eigenvalue weighted by molar-refractivity contribution is 7.99. The van der Waals surface area contributed by atoms with Gasteiger partial charge in [-0.25, -0.2) is 26.5 Å². The van der Waals surface area contributed by atoms with Gasteiger partial charge < -0.3 is 40.7 Å². The summed E-state index contributed by atoms with van der Waals surface area (Å²) in [7, 11) is -11.1. The molecule has 4 heterocycles. The van der Waals surface area contributed by atoms with Gasteiger partial charge in [-0.05, 0) is 172 Å². The van der Waals surface area contributed by atoms with Crippen LogP contribution < -0.4 is 25.6 Å². The van der Waals surface area contributed by atoms with E-state index in [0.29, 0.717) is 89.0 Å². The summed E-state index contributed by atoms with van der Waals surface area (Å²) >= 11 is 9.19. The number of hydrogen-bond acceptors (Lipinski definition) is 17. The summed E-state index contributed by atoms with van der Waals surface area (Å²) in [5.74, 6) is -2.09. The van der Waals surface area contributed by atoms with Crippen molar-refractivity contribution in [2.45, 2.75) is 176 Å². The van der Waals surface area contributed by atoms with Crippen molar-refractivity contribution in [1.29, 1.82) is 0 Å². The third-order valence-electron chi connectivity index (χ3n) is 20.6. The Morgan fingerprint density at radius 2 is 1.46 bits per heavy atom. The quantitative estimate of drug-likeness (QED) is 0.0226. The molecule has 3 aliphatic heterocycles. The maximum Gasteiger partial charge on any atom is 0.501 e. The zero-order chi connectivity index (χ0) is 77.0. The Bertz CT molecular complexity index is 4350. The summed E-state index contributed by atoms with van der Waals surface area (Å²) in [5.41, 5.74) is 2.51. The smallest absolute Gasteiger partial charge is 0.391 e. The molecule has 4 aliphatic rings. The van der Waals surface area contributed by atoms with Crippen LogP contribution in [0.1, 0.15) is 152 Å². The first-order valence-corrected chi connectivity index (χ1v) is 42.0. The van der Waals surface area contributed by atoms with Crippen molar-refractivity contribution in [2.75, 3.05) is 88.0 Å². The van der Waals surface area contributed by atoms with Crippen molar-refractivity contribution in [2.24, 2.45) is 10.8 Å². The molecule has 3 saturated heterocycles. The molecule has 28 heteroatoms. The molecule has 10 rings (SSSR count). The second-order valence-electron chi connectivity index (χ2n) is 30.4. The highest BCUT2D eigenvalue weighted by Crippen LogP contribution is 2.44. The van der Waals surface area contributed by atoms with E-state index in [9.17, 15) is 59.1 Å². The van der Waals surface area contributed by atoms with E-state index in [2.05, 4.69) is 61.6 Å². The number of aryl methyl sites for hydroxylation is 1. The Morgan fingerprint density at radius 3 is 2.13 bits per heavy atom. The third kappa shape index (κ3) is 22.0. The van der Waals surface area contributed by atoms with Crippen LogP contribution in [0.5, 0.6) is 0 Å². The van der Waals surface area contributed by atoms with Crippen molar-refractivity contribution < 1.29 is 59.1 Å². The van der Waals surface area contributed by atoms with Crippen LogP contribution in [0.25, 0.3) is 16.0 Å². The van der Waals surface area contributed by atoms with Crippen LogP contribution >= 0.6 is 34.7 Å². The fourth-order valence-corrected chi connectivity index (χ4v) is 18.3. The van der Waals surface area contributed by atoms with E-state index >= 15 is 0 Å². The number of thiazole rings is 1. The number of rotatable bonds is 28. The molecule has 3 fully saturated rings. The van der Waals surface area contributed by atoms with Gasteiger partial charge in [0, 0.05) is 118 Å². The van der Waals surface area contributed by atoms with Gasteiger partial charge in [0.05, 0.1) is 38.8 Å². The molecule has 5 aromatic carbocycles. The molecule has 0 bridgehead atoms. The van der Waals surface area contributed by atoms with E-state index < -0.39 is 94.3 Å². The molecule has 1 aliphatic carbocycles. The zero-order valence-corrected chi connectivity index (χ0v) is 66.0. The average Bonchev–Trinajstić information content (AvgIpc) is 1.41. The average molecular weight is 1570 g/mol. The number of nitrogens with zero attached hydrogens (tertiary/aromatic N) is 6. The van der Waals surface area contributed by atoms with Crippen LogP contribution in [0.3, 0.4) is 0 Å². The lowest BCUT2D eigenvalue weighted by molar-refractivity contribution is -0.144. The first kappa shape index (κ1) is 82.1. The van der Waals surface area contributed by atoms with E-state index in [-0.39, 0.29) is 54.4 Å². The number of alkyl halides is 3. The normalized spacial score (nSPS) is 18.8.